The molecule has 16 heteroatoms. The molecular weight excluding hydrogens is 762 g/mol. The third kappa shape index (κ3) is 6.74. The molecule has 7 unspecified atom stereocenters. The molecule has 0 radical (unpaired) electrons. The monoisotopic (exact) mass is 813 g/mol. The molecule has 1 aromatic heterocycles. The average molecular weight is 814 g/mol. The number of aliphatic imine (C=N–C) groups is 2. The molecule has 16 nitrogen and oxygen atoms in total. The molecule has 1 saturated heterocycles. The number of nitrogens with zero attached hydrogens (tertiary/aromatic N) is 4. The van der Waals surface area contributed by atoms with Crippen molar-refractivity contribution in [2.75, 3.05) is 44.3 Å². The Morgan fingerprint density at radius 1 is 1.10 bits per heavy atom. The van der Waals surface area contributed by atoms with Gasteiger partial charge in [0.25, 0.3) is 0 Å². The standard InChI is InChI=1S/C43H51N5O11/c1-24-15-32(50)28-16-26-17-35(59-56-22-34(52)43(55,39(53)33(51)21-49)23-47-14-8-29-31(47)7-13-44-29)41(2,11-5-27-18-46-40(54)42(27)9-3-4-10-42)58-37(26)36(38(28)57-24)48-19-25-6-12-45-30(25)20-48/h6-8,12-13,15-16,20,27,33-35,39,49,51-53,55H,3-5,9-11,14,17-19,21-23H2,1-2H3,(H,46,54). The average Bonchev–Trinajstić information content (AvgIpc) is 4.07. The minimum Gasteiger partial charge on any atom is -0.482 e. The minimum absolute atomic E-state index is 0.0716. The molecule has 59 heavy (non-hydrogen) atoms. The van der Waals surface area contributed by atoms with Crippen molar-refractivity contribution in [2.45, 2.75) is 94.4 Å². The summed E-state index contributed by atoms with van der Waals surface area (Å²) >= 11 is 0. The van der Waals surface area contributed by atoms with Crippen LogP contribution in [-0.2, 0) is 21.0 Å². The van der Waals surface area contributed by atoms with Gasteiger partial charge in [0, 0.05) is 55.3 Å². The number of nitrogens with one attached hydrogen (secondary N) is 1. The number of hydrogen-bond acceptors (Lipinski definition) is 15. The van der Waals surface area contributed by atoms with Crippen LogP contribution in [0.4, 0.5) is 5.69 Å². The quantitative estimate of drug-likeness (QED) is 0.119. The van der Waals surface area contributed by atoms with Crippen molar-refractivity contribution in [1.29, 1.82) is 0 Å². The van der Waals surface area contributed by atoms with E-state index in [4.69, 9.17) is 18.9 Å². The topological polar surface area (TPSA) is 219 Å². The third-order valence-corrected chi connectivity index (χ3v) is 13.6. The van der Waals surface area contributed by atoms with E-state index in [9.17, 15) is 35.1 Å². The number of amides is 1. The van der Waals surface area contributed by atoms with E-state index in [2.05, 4.69) is 15.3 Å². The number of benzene rings is 1. The van der Waals surface area contributed by atoms with E-state index >= 15 is 0 Å². The first-order valence-corrected chi connectivity index (χ1v) is 20.5. The molecule has 1 aromatic carbocycles. The van der Waals surface area contributed by atoms with E-state index in [0.29, 0.717) is 77.6 Å². The Balaban J connectivity index is 1.03. The normalized spacial score (nSPS) is 27.5. The van der Waals surface area contributed by atoms with E-state index in [0.717, 1.165) is 37.0 Å². The molecule has 7 aliphatic rings. The number of aliphatic hydroxyl groups is 5. The summed E-state index contributed by atoms with van der Waals surface area (Å²) in [5.74, 6) is 1.15. The van der Waals surface area contributed by atoms with E-state index < -0.39 is 54.2 Å². The molecule has 0 bridgehead atoms. The van der Waals surface area contributed by atoms with Crippen molar-refractivity contribution in [3.63, 3.8) is 0 Å². The van der Waals surface area contributed by atoms with Gasteiger partial charge in [-0.15, -0.1) is 0 Å². The lowest BCUT2D eigenvalue weighted by Crippen LogP contribution is -2.63. The van der Waals surface area contributed by atoms with Gasteiger partial charge >= 0.3 is 0 Å². The number of β-amino-alcohol motifs (C(OH)–C–C–N with tert-alkyl or cyclic N) is 1. The van der Waals surface area contributed by atoms with Crippen LogP contribution in [0.2, 0.25) is 0 Å². The molecule has 7 heterocycles. The summed E-state index contributed by atoms with van der Waals surface area (Å²) in [7, 11) is 0. The van der Waals surface area contributed by atoms with Gasteiger partial charge < -0.3 is 49.8 Å². The number of rotatable bonds is 14. The number of fused-ring (bicyclic) bond motifs is 4. The summed E-state index contributed by atoms with van der Waals surface area (Å²) < 4.78 is 13.4. The maximum Gasteiger partial charge on any atom is 0.226 e. The van der Waals surface area contributed by atoms with Crippen molar-refractivity contribution in [3.8, 4) is 5.75 Å². The fraction of sp³-hybridized carbons (Fsp3) is 0.535. The number of aryl methyl sites for hydroxylation is 1. The van der Waals surface area contributed by atoms with Crippen LogP contribution in [0.15, 0.2) is 78.4 Å². The number of hydrogen-bond donors (Lipinski definition) is 6. The smallest absolute Gasteiger partial charge is 0.226 e. The Kier molecular flexibility index (Phi) is 10.2. The molecule has 1 aliphatic carbocycles. The zero-order valence-corrected chi connectivity index (χ0v) is 33.2. The number of carbonyl (C=O) groups is 1. The van der Waals surface area contributed by atoms with Crippen LogP contribution in [0.3, 0.4) is 0 Å². The highest BCUT2D eigenvalue weighted by atomic mass is 17.2. The SMILES string of the molecule is Cc1cc(=O)c2cc3c(c(N4C=C5N=CC=C5C4)c2o1)OC(C)(CCC1CNC(=O)C12CCCC2)C(OOCC(O)C(O)(CN1CC=C2N=CC=C21)C(O)C(O)CO)C3. The molecule has 314 valence electrons. The Morgan fingerprint density at radius 3 is 2.66 bits per heavy atom. The van der Waals surface area contributed by atoms with Crippen LogP contribution in [0, 0.1) is 18.3 Å². The van der Waals surface area contributed by atoms with Gasteiger partial charge in [-0.2, -0.15) is 0 Å². The van der Waals surface area contributed by atoms with Gasteiger partial charge in [-0.1, -0.05) is 12.8 Å². The molecule has 7 atom stereocenters. The first-order chi connectivity index (χ1) is 28.3. The van der Waals surface area contributed by atoms with Crippen molar-refractivity contribution in [1.82, 2.24) is 10.2 Å². The fourth-order valence-corrected chi connectivity index (χ4v) is 10.1. The second-order valence-corrected chi connectivity index (χ2v) is 17.2. The van der Waals surface area contributed by atoms with Crippen LogP contribution < -0.4 is 20.4 Å². The van der Waals surface area contributed by atoms with Crippen LogP contribution in [0.25, 0.3) is 11.0 Å². The van der Waals surface area contributed by atoms with Gasteiger partial charge in [0.1, 0.15) is 53.7 Å². The molecule has 1 amide bonds. The molecule has 2 aromatic rings. The summed E-state index contributed by atoms with van der Waals surface area (Å²) in [6.45, 7) is 3.20. The Morgan fingerprint density at radius 2 is 1.88 bits per heavy atom. The maximum atomic E-state index is 13.5. The van der Waals surface area contributed by atoms with Crippen molar-refractivity contribution in [2.24, 2.45) is 21.3 Å². The van der Waals surface area contributed by atoms with Crippen LogP contribution in [-0.4, -0.2) is 124 Å². The van der Waals surface area contributed by atoms with Gasteiger partial charge in [0.2, 0.25) is 5.91 Å². The number of allylic oxidation sites excluding steroid dienone is 2. The lowest BCUT2D eigenvalue weighted by atomic mass is 9.72. The molecule has 2 fully saturated rings. The first-order valence-electron chi connectivity index (χ1n) is 20.5. The van der Waals surface area contributed by atoms with E-state index in [1.165, 1.54) is 6.07 Å². The first kappa shape index (κ1) is 39.8. The van der Waals surface area contributed by atoms with Gasteiger partial charge in [-0.25, -0.2) is 9.78 Å². The van der Waals surface area contributed by atoms with E-state index in [-0.39, 0.29) is 30.2 Å². The second-order valence-electron chi connectivity index (χ2n) is 17.2. The Hall–Kier alpha value is -4.68. The lowest BCUT2D eigenvalue weighted by molar-refractivity contribution is -0.365. The van der Waals surface area contributed by atoms with Crippen LogP contribution in [0.1, 0.15) is 56.8 Å². The second kappa shape index (κ2) is 15.1. The summed E-state index contributed by atoms with van der Waals surface area (Å²) in [6, 6.07) is 3.20. The summed E-state index contributed by atoms with van der Waals surface area (Å²) in [5.41, 5.74) is 0.704. The predicted octanol–water partition coefficient (Wildman–Crippen LogP) is 1.84. The molecule has 1 saturated carbocycles. The van der Waals surface area contributed by atoms with E-state index in [1.807, 2.05) is 30.2 Å². The van der Waals surface area contributed by atoms with Crippen molar-refractivity contribution in [3.05, 3.63) is 80.8 Å². The maximum absolute atomic E-state index is 13.5. The number of ether oxygens (including phenoxy) is 1. The van der Waals surface area contributed by atoms with Gasteiger partial charge in [0.05, 0.1) is 47.6 Å². The van der Waals surface area contributed by atoms with Gasteiger partial charge in [-0.3, -0.25) is 19.6 Å². The third-order valence-electron chi connectivity index (χ3n) is 13.6. The zero-order chi connectivity index (χ0) is 41.3. The van der Waals surface area contributed by atoms with E-state index in [1.54, 1.807) is 36.4 Å². The number of carbonyl (C=O) groups excluding carboxylic acids is 1. The number of anilines is 1. The highest BCUT2D eigenvalue weighted by Gasteiger charge is 2.54. The van der Waals surface area contributed by atoms with Gasteiger partial charge in [-0.05, 0) is 69.7 Å². The summed E-state index contributed by atoms with van der Waals surface area (Å²) in [4.78, 5) is 51.2. The molecule has 1 spiro atoms. The largest absolute Gasteiger partial charge is 0.482 e. The number of aliphatic hydroxyl groups excluding tert-OH is 4. The summed E-state index contributed by atoms with van der Waals surface area (Å²) in [6.07, 6.45) is 9.37. The molecule has 6 N–H and O–H groups in total. The van der Waals surface area contributed by atoms with Crippen LogP contribution >= 0.6 is 0 Å². The highest BCUT2D eigenvalue weighted by molar-refractivity contribution is 5.96. The summed E-state index contributed by atoms with van der Waals surface area (Å²) in [5, 5.41) is 58.2. The van der Waals surface area contributed by atoms with Gasteiger partial charge in [0.15, 0.2) is 16.8 Å². The van der Waals surface area contributed by atoms with Crippen molar-refractivity contribution >= 4 is 35.0 Å². The highest BCUT2D eigenvalue weighted by Crippen LogP contribution is 2.52. The fourth-order valence-electron chi connectivity index (χ4n) is 10.1. The Bertz CT molecular complexity index is 2290. The molecule has 6 aliphatic heterocycles. The minimum atomic E-state index is -2.39. The zero-order valence-electron chi connectivity index (χ0n) is 33.2. The van der Waals surface area contributed by atoms with Crippen molar-refractivity contribution < 1.29 is 49.3 Å². The molecule has 9 rings (SSSR count). The lowest BCUT2D eigenvalue weighted by Gasteiger charge is -2.44. The van der Waals surface area contributed by atoms with Crippen LogP contribution in [0.5, 0.6) is 5.75 Å². The Labute approximate surface area is 340 Å². The predicted molar refractivity (Wildman–Crippen MR) is 216 cm³/mol. The molecular formula is C43H51N5O11.